The third kappa shape index (κ3) is 6.25. The molecule has 0 radical (unpaired) electrons. The number of amides is 2. The lowest BCUT2D eigenvalue weighted by molar-refractivity contribution is -0.137. The van der Waals surface area contributed by atoms with Crippen molar-refractivity contribution in [2.45, 2.75) is 49.3 Å². The fourth-order valence-corrected chi connectivity index (χ4v) is 7.31. The number of nitrogens with one attached hydrogen (secondary N) is 1. The molecule has 2 fully saturated rings. The summed E-state index contributed by atoms with van der Waals surface area (Å²) in [5, 5.41) is 3.47. The molecule has 1 spiro atoms. The van der Waals surface area contributed by atoms with Crippen LogP contribution in [0.1, 0.15) is 47.9 Å². The number of benzene rings is 3. The van der Waals surface area contributed by atoms with E-state index in [4.69, 9.17) is 27.9 Å². The van der Waals surface area contributed by atoms with Crippen LogP contribution in [0.15, 0.2) is 66.7 Å². The second-order valence-corrected chi connectivity index (χ2v) is 12.7. The number of nitrogens with zero attached hydrogens (tertiary/aromatic N) is 2. The minimum Gasteiger partial charge on any atom is -0.367 e. The normalized spacial score (nSPS) is 22.0. The lowest BCUT2D eigenvalue weighted by Crippen LogP contribution is -2.54. The van der Waals surface area contributed by atoms with Crippen LogP contribution < -0.4 is 5.32 Å². The second-order valence-electron chi connectivity index (χ2n) is 11.9. The lowest BCUT2D eigenvalue weighted by Gasteiger charge is -2.45. The summed E-state index contributed by atoms with van der Waals surface area (Å²) in [6, 6.07) is 18.4. The van der Waals surface area contributed by atoms with Crippen molar-refractivity contribution in [1.82, 2.24) is 9.80 Å². The first kappa shape index (κ1) is 30.3. The van der Waals surface area contributed by atoms with Gasteiger partial charge in [-0.05, 0) is 97.6 Å². The summed E-state index contributed by atoms with van der Waals surface area (Å²) < 4.78 is 46.2. The van der Waals surface area contributed by atoms with Gasteiger partial charge in [-0.1, -0.05) is 59.6 Å². The van der Waals surface area contributed by atoms with Crippen molar-refractivity contribution >= 4 is 34.9 Å². The molecule has 43 heavy (non-hydrogen) atoms. The van der Waals surface area contributed by atoms with Crippen molar-refractivity contribution in [3.05, 3.63) is 99.0 Å². The Labute approximate surface area is 259 Å². The van der Waals surface area contributed by atoms with Gasteiger partial charge < -0.3 is 19.9 Å². The quantitative estimate of drug-likeness (QED) is 0.309. The first-order valence-electron chi connectivity index (χ1n) is 14.7. The molecule has 0 bridgehead atoms. The van der Waals surface area contributed by atoms with Crippen molar-refractivity contribution in [3.63, 3.8) is 0 Å². The van der Waals surface area contributed by atoms with Crippen LogP contribution in [0.3, 0.4) is 0 Å². The third-order valence-electron chi connectivity index (χ3n) is 9.47. The highest BCUT2D eigenvalue weighted by Crippen LogP contribution is 2.46. The van der Waals surface area contributed by atoms with Gasteiger partial charge in [-0.15, -0.1) is 0 Å². The predicted octanol–water partition coefficient (Wildman–Crippen LogP) is 8.14. The van der Waals surface area contributed by atoms with E-state index < -0.39 is 23.4 Å². The minimum absolute atomic E-state index is 0.0854. The molecule has 1 aliphatic carbocycles. The summed E-state index contributed by atoms with van der Waals surface area (Å²) in [7, 11) is 0. The summed E-state index contributed by atoms with van der Waals surface area (Å²) >= 11 is 12.7. The average Bonchev–Trinajstić information content (AvgIpc) is 3.36. The van der Waals surface area contributed by atoms with Gasteiger partial charge in [0.25, 0.3) is 0 Å². The van der Waals surface area contributed by atoms with Crippen LogP contribution in [-0.4, -0.2) is 55.2 Å². The van der Waals surface area contributed by atoms with Gasteiger partial charge in [0.1, 0.15) is 5.60 Å². The maximum atomic E-state index is 13.3. The number of morpholine rings is 1. The molecule has 3 aromatic rings. The zero-order valence-electron chi connectivity index (χ0n) is 23.7. The third-order valence-corrected chi connectivity index (χ3v) is 10.2. The number of carbonyl (C=O) groups is 1. The molecule has 1 N–H and O–H groups in total. The second kappa shape index (κ2) is 12.0. The van der Waals surface area contributed by atoms with Crippen molar-refractivity contribution in [2.24, 2.45) is 0 Å². The highest BCUT2D eigenvalue weighted by Gasteiger charge is 2.43. The maximum absolute atomic E-state index is 13.3. The summed E-state index contributed by atoms with van der Waals surface area (Å²) in [6.07, 6.45) is 0.668. The predicted molar refractivity (Wildman–Crippen MR) is 163 cm³/mol. The SMILES string of the molecule is O=C(Nc1cccc(C(F)(F)F)c1)N1CCOC(CCN2CCC3(CCc4ccccc43)CC2)(c2ccc(Cl)c(Cl)c2)C1. The fourth-order valence-electron chi connectivity index (χ4n) is 7.01. The number of hydrogen-bond acceptors (Lipinski definition) is 3. The lowest BCUT2D eigenvalue weighted by atomic mass is 9.73. The Morgan fingerprint density at radius 2 is 1.72 bits per heavy atom. The number of fused-ring (bicyclic) bond motifs is 2. The number of anilines is 1. The number of hydrogen-bond donors (Lipinski definition) is 1. The Kier molecular flexibility index (Phi) is 8.41. The zero-order chi connectivity index (χ0) is 30.2. The molecule has 2 amide bonds. The molecule has 5 nitrogen and oxygen atoms in total. The minimum atomic E-state index is -4.50. The van der Waals surface area contributed by atoms with Crippen molar-refractivity contribution < 1.29 is 22.7 Å². The van der Waals surface area contributed by atoms with Gasteiger partial charge in [0.15, 0.2) is 0 Å². The number of piperidine rings is 1. The molecule has 3 aromatic carbocycles. The molecule has 1 unspecified atom stereocenters. The van der Waals surface area contributed by atoms with E-state index in [1.807, 2.05) is 6.07 Å². The number of carbonyl (C=O) groups excluding carboxylic acids is 1. The Bertz CT molecular complexity index is 1490. The Balaban J connectivity index is 1.17. The molecule has 6 rings (SSSR count). The van der Waals surface area contributed by atoms with Gasteiger partial charge in [-0.25, -0.2) is 4.79 Å². The topological polar surface area (TPSA) is 44.8 Å². The smallest absolute Gasteiger partial charge is 0.367 e. The van der Waals surface area contributed by atoms with Gasteiger partial charge in [0.05, 0.1) is 28.8 Å². The van der Waals surface area contributed by atoms with Gasteiger partial charge >= 0.3 is 12.2 Å². The van der Waals surface area contributed by atoms with E-state index in [2.05, 4.69) is 34.5 Å². The average molecular weight is 633 g/mol. The summed E-state index contributed by atoms with van der Waals surface area (Å²) in [4.78, 5) is 17.4. The molecular formula is C33H34Cl2F3N3O2. The molecule has 2 aliphatic heterocycles. The van der Waals surface area contributed by atoms with Crippen LogP contribution in [0.25, 0.3) is 0 Å². The van der Waals surface area contributed by atoms with Crippen LogP contribution in [0, 0.1) is 0 Å². The van der Waals surface area contributed by atoms with Gasteiger partial charge in [-0.3, -0.25) is 0 Å². The van der Waals surface area contributed by atoms with Crippen LogP contribution in [0.5, 0.6) is 0 Å². The van der Waals surface area contributed by atoms with Gasteiger partial charge in [-0.2, -0.15) is 13.2 Å². The summed E-state index contributed by atoms with van der Waals surface area (Å²) in [5.74, 6) is 0. The number of urea groups is 1. The Morgan fingerprint density at radius 1 is 0.930 bits per heavy atom. The van der Waals surface area contributed by atoms with Gasteiger partial charge in [0.2, 0.25) is 0 Å². The fraction of sp³-hybridized carbons (Fsp3) is 0.424. The van der Waals surface area contributed by atoms with E-state index in [0.29, 0.717) is 23.0 Å². The molecule has 0 aromatic heterocycles. The molecule has 0 saturated carbocycles. The Morgan fingerprint density at radius 3 is 2.49 bits per heavy atom. The van der Waals surface area contributed by atoms with E-state index in [9.17, 15) is 18.0 Å². The van der Waals surface area contributed by atoms with E-state index in [1.165, 1.54) is 29.7 Å². The number of ether oxygens (including phenoxy) is 1. The highest BCUT2D eigenvalue weighted by atomic mass is 35.5. The summed E-state index contributed by atoms with van der Waals surface area (Å²) in [5.41, 5.74) is 2.48. The first-order chi connectivity index (χ1) is 20.6. The number of halogens is 5. The largest absolute Gasteiger partial charge is 0.416 e. The number of alkyl halides is 3. The standard InChI is InChI=1S/C33H34Cl2F3N3O2/c34-28-9-8-24(21-29(28)35)32(14-17-40-15-12-31(13-16-40)11-10-23-4-1-2-7-27(23)31)22-41(18-19-43-32)30(42)39-26-6-3-5-25(20-26)33(36,37)38/h1-9,20-21H,10-19,22H2,(H,39,42). The first-order valence-corrected chi connectivity index (χ1v) is 15.5. The van der Waals surface area contributed by atoms with Gasteiger partial charge in [0, 0.05) is 18.8 Å². The van der Waals surface area contributed by atoms with Crippen molar-refractivity contribution in [1.29, 1.82) is 0 Å². The number of likely N-dealkylation sites (tertiary alicyclic amines) is 1. The molecular weight excluding hydrogens is 598 g/mol. The number of rotatable bonds is 5. The van der Waals surface area contributed by atoms with E-state index in [-0.39, 0.29) is 24.3 Å². The van der Waals surface area contributed by atoms with E-state index >= 15 is 0 Å². The van der Waals surface area contributed by atoms with E-state index in [0.717, 1.165) is 56.6 Å². The molecule has 3 aliphatic rings. The van der Waals surface area contributed by atoms with Crippen LogP contribution >= 0.6 is 23.2 Å². The molecule has 10 heteroatoms. The highest BCUT2D eigenvalue weighted by molar-refractivity contribution is 6.42. The summed E-state index contributed by atoms with van der Waals surface area (Å²) in [6.45, 7) is 3.52. The van der Waals surface area contributed by atoms with Crippen LogP contribution in [0.4, 0.5) is 23.7 Å². The zero-order valence-corrected chi connectivity index (χ0v) is 25.2. The van der Waals surface area contributed by atoms with E-state index in [1.54, 1.807) is 17.0 Å². The van der Waals surface area contributed by atoms with Crippen molar-refractivity contribution in [2.75, 3.05) is 44.6 Å². The van der Waals surface area contributed by atoms with Crippen LogP contribution in [-0.2, 0) is 28.4 Å². The van der Waals surface area contributed by atoms with Crippen LogP contribution in [0.2, 0.25) is 10.0 Å². The van der Waals surface area contributed by atoms with Crippen molar-refractivity contribution in [3.8, 4) is 0 Å². The monoisotopic (exact) mass is 631 g/mol. The molecule has 228 valence electrons. The molecule has 2 heterocycles. The Hall–Kier alpha value is -2.78. The molecule has 2 saturated heterocycles. The maximum Gasteiger partial charge on any atom is 0.416 e. The molecule has 1 atom stereocenters. The number of aryl methyl sites for hydroxylation is 1.